The van der Waals surface area contributed by atoms with Gasteiger partial charge in [0.05, 0.1) is 36.5 Å². The maximum atomic E-state index is 12.5. The number of hydrogen-bond donors (Lipinski definition) is 3. The fraction of sp³-hybridized carbons (Fsp3) is 0.125. The summed E-state index contributed by atoms with van der Waals surface area (Å²) in [5, 5.41) is 2.78. The average Bonchev–Trinajstić information content (AvgIpc) is 2.95. The lowest BCUT2D eigenvalue weighted by Gasteiger charge is -2.12. The summed E-state index contributed by atoms with van der Waals surface area (Å²) in [6, 6.07) is 10.1. The van der Waals surface area contributed by atoms with Gasteiger partial charge >= 0.3 is 5.69 Å². The molecule has 0 spiro atoms. The van der Waals surface area contributed by atoms with Crippen molar-refractivity contribution < 1.29 is 14.3 Å². The zero-order valence-electron chi connectivity index (χ0n) is 12.6. The molecule has 2 aromatic carbocycles. The largest absolute Gasteiger partial charge is 0.497 e. The lowest BCUT2D eigenvalue weighted by Crippen LogP contribution is -2.13. The minimum Gasteiger partial charge on any atom is -0.497 e. The Morgan fingerprint density at radius 2 is 1.91 bits per heavy atom. The van der Waals surface area contributed by atoms with E-state index in [1.165, 1.54) is 7.11 Å². The van der Waals surface area contributed by atoms with Gasteiger partial charge in [-0.2, -0.15) is 0 Å². The molecule has 3 aromatic rings. The lowest BCUT2D eigenvalue weighted by molar-refractivity contribution is 0.102. The van der Waals surface area contributed by atoms with Crippen molar-refractivity contribution in [3.8, 4) is 11.5 Å². The van der Waals surface area contributed by atoms with Crippen LogP contribution >= 0.6 is 0 Å². The van der Waals surface area contributed by atoms with Gasteiger partial charge in [-0.05, 0) is 24.3 Å². The van der Waals surface area contributed by atoms with Crippen molar-refractivity contribution in [2.45, 2.75) is 0 Å². The highest BCUT2D eigenvalue weighted by Crippen LogP contribution is 2.29. The second-order valence-electron chi connectivity index (χ2n) is 4.83. The summed E-state index contributed by atoms with van der Waals surface area (Å²) < 4.78 is 10.4. The van der Waals surface area contributed by atoms with Crippen molar-refractivity contribution in [3.05, 3.63) is 52.4 Å². The number of ether oxygens (including phenoxy) is 2. The normalized spacial score (nSPS) is 10.5. The van der Waals surface area contributed by atoms with Gasteiger partial charge in [0.15, 0.2) is 0 Å². The summed E-state index contributed by atoms with van der Waals surface area (Å²) in [7, 11) is 3.06. The van der Waals surface area contributed by atoms with Crippen LogP contribution in [0.15, 0.2) is 41.2 Å². The fourth-order valence-corrected chi connectivity index (χ4v) is 2.34. The van der Waals surface area contributed by atoms with Crippen LogP contribution in [-0.2, 0) is 0 Å². The van der Waals surface area contributed by atoms with Crippen molar-refractivity contribution in [3.63, 3.8) is 0 Å². The third-order valence-electron chi connectivity index (χ3n) is 3.45. The van der Waals surface area contributed by atoms with Crippen LogP contribution < -0.4 is 20.5 Å². The number of para-hydroxylation sites is 1. The van der Waals surface area contributed by atoms with Gasteiger partial charge < -0.3 is 24.8 Å². The van der Waals surface area contributed by atoms with Crippen LogP contribution in [-0.4, -0.2) is 30.1 Å². The zero-order valence-corrected chi connectivity index (χ0v) is 12.6. The summed E-state index contributed by atoms with van der Waals surface area (Å²) in [5.74, 6) is 0.749. The highest BCUT2D eigenvalue weighted by atomic mass is 16.5. The Morgan fingerprint density at radius 1 is 1.09 bits per heavy atom. The lowest BCUT2D eigenvalue weighted by atomic mass is 10.1. The third kappa shape index (κ3) is 2.76. The molecule has 0 saturated heterocycles. The molecule has 7 nitrogen and oxygen atoms in total. The molecular weight excluding hydrogens is 298 g/mol. The number of methoxy groups -OCH3 is 2. The van der Waals surface area contributed by atoms with E-state index >= 15 is 0 Å². The summed E-state index contributed by atoms with van der Waals surface area (Å²) >= 11 is 0. The summed E-state index contributed by atoms with van der Waals surface area (Å²) in [6.45, 7) is 0. The number of anilines is 1. The molecule has 7 heteroatoms. The molecule has 0 fully saturated rings. The second-order valence-corrected chi connectivity index (χ2v) is 4.83. The Hall–Kier alpha value is -3.22. The van der Waals surface area contributed by atoms with E-state index in [2.05, 4.69) is 15.3 Å². The maximum Gasteiger partial charge on any atom is 0.323 e. The van der Waals surface area contributed by atoms with E-state index in [4.69, 9.17) is 9.47 Å². The number of fused-ring (bicyclic) bond motifs is 1. The molecule has 3 N–H and O–H groups in total. The van der Waals surface area contributed by atoms with Crippen LogP contribution in [0.4, 0.5) is 5.69 Å². The number of hydrogen-bond acceptors (Lipinski definition) is 4. The summed E-state index contributed by atoms with van der Waals surface area (Å²) in [4.78, 5) is 29.2. The molecule has 0 bridgehead atoms. The molecule has 23 heavy (non-hydrogen) atoms. The Bertz CT molecular complexity index is 926. The summed E-state index contributed by atoms with van der Waals surface area (Å²) in [5.41, 5.74) is 1.54. The van der Waals surface area contributed by atoms with Gasteiger partial charge in [-0.15, -0.1) is 0 Å². The number of nitrogens with one attached hydrogen (secondary N) is 3. The highest BCUT2D eigenvalue weighted by Gasteiger charge is 2.14. The number of amides is 1. The predicted molar refractivity (Wildman–Crippen MR) is 86.4 cm³/mol. The number of H-pyrrole nitrogens is 2. The second kappa shape index (κ2) is 5.88. The molecule has 0 unspecified atom stereocenters. The van der Waals surface area contributed by atoms with Gasteiger partial charge in [-0.3, -0.25) is 4.79 Å². The maximum absolute atomic E-state index is 12.5. The first kappa shape index (κ1) is 14.7. The quantitative estimate of drug-likeness (QED) is 0.687. The Morgan fingerprint density at radius 3 is 2.65 bits per heavy atom. The smallest absolute Gasteiger partial charge is 0.323 e. The average molecular weight is 313 g/mol. The minimum atomic E-state index is -0.359. The van der Waals surface area contributed by atoms with Gasteiger partial charge in [0.1, 0.15) is 11.5 Å². The SMILES string of the molecule is COc1ccc(NC(=O)c2cccc3[nH]c(=O)[nH]c23)c(OC)c1. The van der Waals surface area contributed by atoms with Gasteiger partial charge in [-0.25, -0.2) is 4.79 Å². The van der Waals surface area contributed by atoms with Crippen molar-refractivity contribution in [2.24, 2.45) is 0 Å². The van der Waals surface area contributed by atoms with Crippen LogP contribution in [0.5, 0.6) is 11.5 Å². The van der Waals surface area contributed by atoms with E-state index in [0.717, 1.165) is 0 Å². The molecule has 3 rings (SSSR count). The number of benzene rings is 2. The monoisotopic (exact) mass is 313 g/mol. The molecule has 1 amide bonds. The number of carbonyl (C=O) groups excluding carboxylic acids is 1. The first-order chi connectivity index (χ1) is 11.1. The van der Waals surface area contributed by atoms with E-state index in [1.54, 1.807) is 43.5 Å². The van der Waals surface area contributed by atoms with E-state index in [1.807, 2.05) is 0 Å². The van der Waals surface area contributed by atoms with E-state index in [-0.39, 0.29) is 11.6 Å². The van der Waals surface area contributed by atoms with Crippen LogP contribution in [0, 0.1) is 0 Å². The molecule has 118 valence electrons. The van der Waals surface area contributed by atoms with E-state index in [9.17, 15) is 9.59 Å². The van der Waals surface area contributed by atoms with E-state index < -0.39 is 0 Å². The fourth-order valence-electron chi connectivity index (χ4n) is 2.34. The Balaban J connectivity index is 1.96. The van der Waals surface area contributed by atoms with Crippen molar-refractivity contribution >= 4 is 22.6 Å². The van der Waals surface area contributed by atoms with Crippen LogP contribution in [0.1, 0.15) is 10.4 Å². The molecule has 0 aliphatic rings. The number of aromatic amines is 2. The van der Waals surface area contributed by atoms with Gasteiger partial charge in [0, 0.05) is 6.07 Å². The third-order valence-corrected chi connectivity index (χ3v) is 3.45. The minimum absolute atomic E-state index is 0.352. The molecular formula is C16H15N3O4. The van der Waals surface area contributed by atoms with Gasteiger partial charge in [0.2, 0.25) is 0 Å². The van der Waals surface area contributed by atoms with Crippen LogP contribution in [0.2, 0.25) is 0 Å². The van der Waals surface area contributed by atoms with E-state index in [0.29, 0.717) is 33.8 Å². The zero-order chi connectivity index (χ0) is 16.4. The molecule has 1 heterocycles. The summed E-state index contributed by atoms with van der Waals surface area (Å²) in [6.07, 6.45) is 0. The number of aromatic nitrogens is 2. The number of imidazole rings is 1. The molecule has 0 aliphatic carbocycles. The molecule has 0 atom stereocenters. The Kier molecular flexibility index (Phi) is 3.76. The highest BCUT2D eigenvalue weighted by molar-refractivity contribution is 6.11. The first-order valence-electron chi connectivity index (χ1n) is 6.87. The van der Waals surface area contributed by atoms with Crippen molar-refractivity contribution in [1.82, 2.24) is 9.97 Å². The van der Waals surface area contributed by atoms with Gasteiger partial charge in [-0.1, -0.05) is 6.07 Å². The Labute approximate surface area is 131 Å². The standard InChI is InChI=1S/C16H15N3O4/c1-22-9-6-7-11(13(8-9)23-2)17-15(20)10-4-3-5-12-14(10)19-16(21)18-12/h3-8H,1-2H3,(H,17,20)(H2,18,19,21). The first-order valence-corrected chi connectivity index (χ1v) is 6.87. The molecule has 0 aliphatic heterocycles. The molecule has 1 aromatic heterocycles. The molecule has 0 saturated carbocycles. The molecule has 0 radical (unpaired) electrons. The topological polar surface area (TPSA) is 96.2 Å². The van der Waals surface area contributed by atoms with Crippen LogP contribution in [0.3, 0.4) is 0 Å². The van der Waals surface area contributed by atoms with Crippen LogP contribution in [0.25, 0.3) is 11.0 Å². The van der Waals surface area contributed by atoms with Gasteiger partial charge in [0.25, 0.3) is 5.91 Å². The van der Waals surface area contributed by atoms with Crippen molar-refractivity contribution in [2.75, 3.05) is 19.5 Å². The number of carbonyl (C=O) groups is 1. The number of rotatable bonds is 4. The van der Waals surface area contributed by atoms with Crippen molar-refractivity contribution in [1.29, 1.82) is 0 Å². The predicted octanol–water partition coefficient (Wildman–Crippen LogP) is 2.13.